The Morgan fingerprint density at radius 3 is 2.45 bits per heavy atom. The molecule has 0 bridgehead atoms. The Labute approximate surface area is 141 Å². The van der Waals surface area contributed by atoms with Gasteiger partial charge in [-0.3, -0.25) is 9.59 Å². The number of carbonyl (C=O) groups excluding carboxylic acids is 2. The summed E-state index contributed by atoms with van der Waals surface area (Å²) < 4.78 is 6.03. The van der Waals surface area contributed by atoms with E-state index in [1.165, 1.54) is 18.3 Å². The summed E-state index contributed by atoms with van der Waals surface area (Å²) in [5.74, 6) is 0.528. The number of ether oxygens (including phenoxy) is 1. The third-order valence-electron chi connectivity index (χ3n) is 3.20. The first-order chi connectivity index (χ1) is 10.4. The molecule has 0 saturated heterocycles. The Hall–Kier alpha value is -1.66. The smallest absolute Gasteiger partial charge is 0.261 e. The molecule has 1 heterocycles. The van der Waals surface area contributed by atoms with Crippen molar-refractivity contribution in [2.75, 3.05) is 7.11 Å². The number of thiophene rings is 1. The molecule has 2 aromatic rings. The summed E-state index contributed by atoms with van der Waals surface area (Å²) in [4.78, 5) is 24.6. The molecular weight excluding hydrogens is 366 g/mol. The van der Waals surface area contributed by atoms with Crippen molar-refractivity contribution in [3.63, 3.8) is 0 Å². The van der Waals surface area contributed by atoms with E-state index in [0.29, 0.717) is 9.75 Å². The molecule has 1 atom stereocenters. The molecule has 0 aliphatic rings. The van der Waals surface area contributed by atoms with Gasteiger partial charge in [-0.05, 0) is 59.6 Å². The minimum atomic E-state index is -0.183. The van der Waals surface area contributed by atoms with Crippen LogP contribution in [0.15, 0.2) is 34.8 Å². The summed E-state index contributed by atoms with van der Waals surface area (Å²) in [5.41, 5.74) is 0.962. The SMILES string of the molecule is COc1ccc([C@H](C)NC(=O)c2ccc(C(C)=O)s2)cc1Br. The van der Waals surface area contributed by atoms with Gasteiger partial charge in [0.1, 0.15) is 5.75 Å². The zero-order valence-corrected chi connectivity index (χ0v) is 14.9. The molecule has 2 rings (SSSR count). The first kappa shape index (κ1) is 16.7. The quantitative estimate of drug-likeness (QED) is 0.789. The molecule has 0 fully saturated rings. The van der Waals surface area contributed by atoms with Crippen LogP contribution in [0.3, 0.4) is 0 Å². The lowest BCUT2D eigenvalue weighted by Gasteiger charge is -2.15. The van der Waals surface area contributed by atoms with Crippen molar-refractivity contribution in [3.05, 3.63) is 50.1 Å². The number of Topliss-reactive ketones (excluding diaryl/α,β-unsaturated/α-hetero) is 1. The van der Waals surface area contributed by atoms with Crippen molar-refractivity contribution in [3.8, 4) is 5.75 Å². The molecule has 0 unspecified atom stereocenters. The van der Waals surface area contributed by atoms with Gasteiger partial charge in [0, 0.05) is 0 Å². The van der Waals surface area contributed by atoms with Crippen LogP contribution >= 0.6 is 27.3 Å². The van der Waals surface area contributed by atoms with Crippen LogP contribution in [0.4, 0.5) is 0 Å². The van der Waals surface area contributed by atoms with E-state index in [4.69, 9.17) is 4.74 Å². The van der Waals surface area contributed by atoms with Crippen LogP contribution in [-0.2, 0) is 0 Å². The zero-order valence-electron chi connectivity index (χ0n) is 12.5. The highest BCUT2D eigenvalue weighted by Gasteiger charge is 2.15. The van der Waals surface area contributed by atoms with E-state index in [1.54, 1.807) is 19.2 Å². The van der Waals surface area contributed by atoms with E-state index in [0.717, 1.165) is 15.8 Å². The molecule has 6 heteroatoms. The lowest BCUT2D eigenvalue weighted by atomic mass is 10.1. The van der Waals surface area contributed by atoms with Crippen LogP contribution in [0, 0.1) is 0 Å². The average Bonchev–Trinajstić information content (AvgIpc) is 2.97. The molecule has 1 N–H and O–H groups in total. The molecule has 22 heavy (non-hydrogen) atoms. The molecule has 0 aliphatic heterocycles. The van der Waals surface area contributed by atoms with Gasteiger partial charge in [-0.25, -0.2) is 0 Å². The Kier molecular flexibility index (Phi) is 5.37. The van der Waals surface area contributed by atoms with E-state index < -0.39 is 0 Å². The van der Waals surface area contributed by atoms with Crippen LogP contribution in [0.5, 0.6) is 5.75 Å². The highest BCUT2D eigenvalue weighted by Crippen LogP contribution is 2.28. The standard InChI is InChI=1S/C16H16BrNO3S/c1-9(11-4-5-13(21-3)12(17)8-11)18-16(20)15-7-6-14(22-15)10(2)19/h4-9H,1-3H3,(H,18,20)/t9-/m0/s1. The van der Waals surface area contributed by atoms with Crippen LogP contribution in [0.2, 0.25) is 0 Å². The van der Waals surface area contributed by atoms with E-state index in [2.05, 4.69) is 21.2 Å². The average molecular weight is 382 g/mol. The molecule has 0 aliphatic carbocycles. The maximum absolute atomic E-state index is 12.2. The summed E-state index contributed by atoms with van der Waals surface area (Å²) in [6.45, 7) is 3.40. The molecule has 0 saturated carbocycles. The first-order valence-corrected chi connectivity index (χ1v) is 8.28. The molecule has 1 aromatic carbocycles. The maximum atomic E-state index is 12.2. The second-order valence-corrected chi connectivity index (χ2v) is 6.75. The van der Waals surface area contributed by atoms with Crippen molar-refractivity contribution < 1.29 is 14.3 Å². The highest BCUT2D eigenvalue weighted by molar-refractivity contribution is 9.10. The van der Waals surface area contributed by atoms with E-state index in [9.17, 15) is 9.59 Å². The molecule has 1 aromatic heterocycles. The fraction of sp³-hybridized carbons (Fsp3) is 0.250. The van der Waals surface area contributed by atoms with Gasteiger partial charge >= 0.3 is 0 Å². The molecule has 1 amide bonds. The van der Waals surface area contributed by atoms with E-state index >= 15 is 0 Å². The summed E-state index contributed by atoms with van der Waals surface area (Å²) in [6, 6.07) is 8.87. The van der Waals surface area contributed by atoms with Gasteiger partial charge in [-0.1, -0.05) is 6.07 Å². The van der Waals surface area contributed by atoms with E-state index in [-0.39, 0.29) is 17.7 Å². The minimum absolute atomic E-state index is 0.0313. The van der Waals surface area contributed by atoms with Crippen molar-refractivity contribution in [2.24, 2.45) is 0 Å². The second kappa shape index (κ2) is 7.07. The summed E-state index contributed by atoms with van der Waals surface area (Å²) >= 11 is 4.64. The van der Waals surface area contributed by atoms with Crippen molar-refractivity contribution in [1.29, 1.82) is 0 Å². The predicted octanol–water partition coefficient (Wildman–Crippen LogP) is 4.21. The lowest BCUT2D eigenvalue weighted by Crippen LogP contribution is -2.25. The molecule has 4 nitrogen and oxygen atoms in total. The van der Waals surface area contributed by atoms with Gasteiger partial charge in [0.2, 0.25) is 0 Å². The number of rotatable bonds is 5. The molecule has 116 valence electrons. The predicted molar refractivity (Wildman–Crippen MR) is 90.9 cm³/mol. The van der Waals surface area contributed by atoms with Crippen LogP contribution in [-0.4, -0.2) is 18.8 Å². The Balaban J connectivity index is 2.10. The monoisotopic (exact) mass is 381 g/mol. The van der Waals surface area contributed by atoms with Crippen molar-refractivity contribution in [1.82, 2.24) is 5.32 Å². The summed E-state index contributed by atoms with van der Waals surface area (Å²) in [5, 5.41) is 2.93. The second-order valence-electron chi connectivity index (χ2n) is 4.81. The normalized spacial score (nSPS) is 11.8. The van der Waals surface area contributed by atoms with Crippen molar-refractivity contribution in [2.45, 2.75) is 19.9 Å². The maximum Gasteiger partial charge on any atom is 0.261 e. The van der Waals surface area contributed by atoms with Gasteiger partial charge in [0.25, 0.3) is 5.91 Å². The number of hydrogen-bond donors (Lipinski definition) is 1. The molecule has 0 spiro atoms. The minimum Gasteiger partial charge on any atom is -0.496 e. The number of halogens is 1. The Morgan fingerprint density at radius 2 is 1.91 bits per heavy atom. The zero-order chi connectivity index (χ0) is 16.3. The van der Waals surface area contributed by atoms with Crippen LogP contribution in [0.1, 0.15) is 44.8 Å². The third-order valence-corrected chi connectivity index (χ3v) is 5.00. The lowest BCUT2D eigenvalue weighted by molar-refractivity contribution is 0.0943. The van der Waals surface area contributed by atoms with Crippen LogP contribution < -0.4 is 10.1 Å². The number of methoxy groups -OCH3 is 1. The topological polar surface area (TPSA) is 55.4 Å². The number of nitrogens with one attached hydrogen (secondary N) is 1. The van der Waals surface area contributed by atoms with Gasteiger partial charge in [-0.2, -0.15) is 0 Å². The summed E-state index contributed by atoms with van der Waals surface area (Å²) in [6.07, 6.45) is 0. The van der Waals surface area contributed by atoms with Crippen LogP contribution in [0.25, 0.3) is 0 Å². The molecular formula is C16H16BrNO3S. The number of amides is 1. The Bertz CT molecular complexity index is 711. The van der Waals surface area contributed by atoms with Gasteiger partial charge in [0.05, 0.1) is 27.4 Å². The third kappa shape index (κ3) is 3.75. The molecule has 0 radical (unpaired) electrons. The fourth-order valence-corrected chi connectivity index (χ4v) is 3.32. The van der Waals surface area contributed by atoms with E-state index in [1.807, 2.05) is 25.1 Å². The van der Waals surface area contributed by atoms with Gasteiger partial charge in [0.15, 0.2) is 5.78 Å². The summed E-state index contributed by atoms with van der Waals surface area (Å²) in [7, 11) is 1.61. The van der Waals surface area contributed by atoms with Gasteiger partial charge < -0.3 is 10.1 Å². The fourth-order valence-electron chi connectivity index (χ4n) is 1.95. The first-order valence-electron chi connectivity index (χ1n) is 6.67. The Morgan fingerprint density at radius 1 is 1.23 bits per heavy atom. The number of benzene rings is 1. The number of carbonyl (C=O) groups is 2. The highest BCUT2D eigenvalue weighted by atomic mass is 79.9. The van der Waals surface area contributed by atoms with Gasteiger partial charge in [-0.15, -0.1) is 11.3 Å². The van der Waals surface area contributed by atoms with Crippen molar-refractivity contribution >= 4 is 39.0 Å². The number of ketones is 1. The number of hydrogen-bond acceptors (Lipinski definition) is 4. The largest absolute Gasteiger partial charge is 0.496 e.